The largest absolute Gasteiger partial charge is 0.484 e. The predicted octanol–water partition coefficient (Wildman–Crippen LogP) is 5.25. The molecule has 1 amide bonds. The Morgan fingerprint density at radius 1 is 1.21 bits per heavy atom. The Bertz CT molecular complexity index is 1010. The second kappa shape index (κ2) is 8.53. The minimum atomic E-state index is -0.297. The van der Waals surface area contributed by atoms with Crippen molar-refractivity contribution in [2.24, 2.45) is 5.10 Å². The Hall–Kier alpha value is -3.05. The minimum absolute atomic E-state index is 0.0955. The molecule has 148 valence electrons. The molecule has 0 saturated heterocycles. The van der Waals surface area contributed by atoms with E-state index in [4.69, 9.17) is 20.8 Å². The Morgan fingerprint density at radius 3 is 2.76 bits per heavy atom. The van der Waals surface area contributed by atoms with Crippen molar-refractivity contribution in [3.8, 4) is 5.75 Å². The van der Waals surface area contributed by atoms with Gasteiger partial charge in [0.15, 0.2) is 6.61 Å². The first-order valence-corrected chi connectivity index (χ1v) is 9.92. The van der Waals surface area contributed by atoms with E-state index in [0.717, 1.165) is 23.3 Å². The molecule has 1 aromatic heterocycles. The van der Waals surface area contributed by atoms with Crippen molar-refractivity contribution < 1.29 is 13.9 Å². The van der Waals surface area contributed by atoms with E-state index in [0.29, 0.717) is 23.0 Å². The van der Waals surface area contributed by atoms with Crippen LogP contribution in [0, 0.1) is 0 Å². The molecule has 2 heterocycles. The number of nitrogens with zero attached hydrogens (tertiary/aromatic N) is 2. The lowest BCUT2D eigenvalue weighted by atomic mass is 10.0. The van der Waals surface area contributed by atoms with Gasteiger partial charge in [-0.05, 0) is 53.9 Å². The van der Waals surface area contributed by atoms with Crippen LogP contribution in [0.2, 0.25) is 5.02 Å². The molecule has 1 atom stereocenters. The van der Waals surface area contributed by atoms with Gasteiger partial charge in [-0.25, -0.2) is 5.01 Å². The Labute approximate surface area is 174 Å². The highest BCUT2D eigenvalue weighted by Crippen LogP contribution is 2.33. The Balaban J connectivity index is 1.54. The fourth-order valence-corrected chi connectivity index (χ4v) is 3.45. The highest BCUT2D eigenvalue weighted by molar-refractivity contribution is 6.30. The Morgan fingerprint density at radius 2 is 2.03 bits per heavy atom. The number of hydrazone groups is 1. The number of benzene rings is 2. The first kappa shape index (κ1) is 19.3. The molecule has 0 aliphatic carbocycles. The number of hydrogen-bond acceptors (Lipinski definition) is 4. The smallest absolute Gasteiger partial charge is 0.281 e. The number of carbonyl (C=O) groups excluding carboxylic acids is 1. The molecule has 0 fully saturated rings. The van der Waals surface area contributed by atoms with Crippen LogP contribution in [0.4, 0.5) is 0 Å². The third-order valence-electron chi connectivity index (χ3n) is 4.88. The van der Waals surface area contributed by atoms with Crippen LogP contribution in [-0.4, -0.2) is 23.2 Å². The summed E-state index contributed by atoms with van der Waals surface area (Å²) in [6.07, 6.45) is 3.07. The molecule has 0 N–H and O–H groups in total. The molecule has 0 spiro atoms. The predicted molar refractivity (Wildman–Crippen MR) is 112 cm³/mol. The van der Waals surface area contributed by atoms with Crippen molar-refractivity contribution in [2.45, 2.75) is 25.8 Å². The highest BCUT2D eigenvalue weighted by atomic mass is 35.5. The van der Waals surface area contributed by atoms with Gasteiger partial charge in [-0.2, -0.15) is 5.10 Å². The average Bonchev–Trinajstić information content (AvgIpc) is 3.42. The summed E-state index contributed by atoms with van der Waals surface area (Å²) in [6.45, 7) is 1.98. The van der Waals surface area contributed by atoms with Crippen molar-refractivity contribution in [1.29, 1.82) is 0 Å². The second-order valence-corrected chi connectivity index (χ2v) is 7.25. The lowest BCUT2D eigenvalue weighted by Gasteiger charge is -2.20. The van der Waals surface area contributed by atoms with Gasteiger partial charge in [0.25, 0.3) is 5.91 Å². The summed E-state index contributed by atoms with van der Waals surface area (Å²) in [5, 5.41) is 6.71. The summed E-state index contributed by atoms with van der Waals surface area (Å²) in [4.78, 5) is 12.9. The average molecular weight is 409 g/mol. The summed E-state index contributed by atoms with van der Waals surface area (Å²) in [6, 6.07) is 18.6. The van der Waals surface area contributed by atoms with Crippen LogP contribution in [0.5, 0.6) is 5.75 Å². The molecule has 1 aliphatic heterocycles. The van der Waals surface area contributed by atoms with Gasteiger partial charge in [-0.1, -0.05) is 42.8 Å². The number of carbonyl (C=O) groups is 1. The van der Waals surface area contributed by atoms with E-state index in [1.54, 1.807) is 6.26 Å². The summed E-state index contributed by atoms with van der Waals surface area (Å²) >= 11 is 5.99. The summed E-state index contributed by atoms with van der Waals surface area (Å²) in [5.41, 5.74) is 2.90. The summed E-state index contributed by atoms with van der Waals surface area (Å²) in [5.74, 6) is 1.14. The zero-order valence-corrected chi connectivity index (χ0v) is 16.8. The Kier molecular flexibility index (Phi) is 5.67. The minimum Gasteiger partial charge on any atom is -0.484 e. The number of furan rings is 1. The third-order valence-corrected chi connectivity index (χ3v) is 5.14. The number of ether oxygens (including phenoxy) is 1. The standard InChI is InChI=1S/C23H21ClN2O3/c1-2-16-5-3-6-19(13-16)29-15-23(27)26-21(22-7-4-12-28-22)14-20(25-26)17-8-10-18(24)11-9-17/h3-13,21H,2,14-15H2,1H3/t21-/m1/s1. The number of aryl methyl sites for hydroxylation is 1. The molecule has 5 nitrogen and oxygen atoms in total. The topological polar surface area (TPSA) is 55.0 Å². The SMILES string of the molecule is CCc1cccc(OCC(=O)N2N=C(c3ccc(Cl)cc3)C[C@@H]2c2ccco2)c1. The number of rotatable bonds is 6. The van der Waals surface area contributed by atoms with Crippen molar-refractivity contribution >= 4 is 23.2 Å². The van der Waals surface area contributed by atoms with Crippen molar-refractivity contribution in [3.63, 3.8) is 0 Å². The molecule has 0 radical (unpaired) electrons. The first-order valence-electron chi connectivity index (χ1n) is 9.54. The van der Waals surface area contributed by atoms with E-state index >= 15 is 0 Å². The molecular formula is C23H21ClN2O3. The van der Waals surface area contributed by atoms with E-state index in [-0.39, 0.29) is 18.6 Å². The number of hydrogen-bond donors (Lipinski definition) is 0. The molecule has 3 aromatic rings. The monoisotopic (exact) mass is 408 g/mol. The van der Waals surface area contributed by atoms with Crippen LogP contribution in [0.3, 0.4) is 0 Å². The van der Waals surface area contributed by atoms with E-state index < -0.39 is 0 Å². The van der Waals surface area contributed by atoms with E-state index in [9.17, 15) is 4.79 Å². The van der Waals surface area contributed by atoms with Gasteiger partial charge in [0.05, 0.1) is 12.0 Å². The molecule has 2 aromatic carbocycles. The van der Waals surface area contributed by atoms with E-state index in [1.165, 1.54) is 5.01 Å². The van der Waals surface area contributed by atoms with Crippen LogP contribution >= 0.6 is 11.6 Å². The summed E-state index contributed by atoms with van der Waals surface area (Å²) in [7, 11) is 0. The molecule has 0 bridgehead atoms. The third kappa shape index (κ3) is 4.35. The summed E-state index contributed by atoms with van der Waals surface area (Å²) < 4.78 is 11.3. The van der Waals surface area contributed by atoms with Crippen LogP contribution in [0.1, 0.15) is 36.3 Å². The van der Waals surface area contributed by atoms with Crippen molar-refractivity contribution in [3.05, 3.63) is 88.8 Å². The van der Waals surface area contributed by atoms with Crippen LogP contribution in [-0.2, 0) is 11.2 Å². The molecule has 4 rings (SSSR count). The number of amides is 1. The van der Waals surface area contributed by atoms with Gasteiger partial charge in [0.2, 0.25) is 0 Å². The normalized spacial score (nSPS) is 16.0. The van der Waals surface area contributed by atoms with Gasteiger partial charge in [-0.15, -0.1) is 0 Å². The molecule has 29 heavy (non-hydrogen) atoms. The van der Waals surface area contributed by atoms with Crippen molar-refractivity contribution in [2.75, 3.05) is 6.61 Å². The highest BCUT2D eigenvalue weighted by Gasteiger charge is 2.35. The molecular weight excluding hydrogens is 388 g/mol. The van der Waals surface area contributed by atoms with E-state index in [2.05, 4.69) is 12.0 Å². The van der Waals surface area contributed by atoms with Gasteiger partial charge in [-0.3, -0.25) is 4.79 Å². The molecule has 1 aliphatic rings. The lowest BCUT2D eigenvalue weighted by molar-refractivity contribution is -0.135. The maximum Gasteiger partial charge on any atom is 0.281 e. The first-order chi connectivity index (χ1) is 14.1. The van der Waals surface area contributed by atoms with Crippen molar-refractivity contribution in [1.82, 2.24) is 5.01 Å². The van der Waals surface area contributed by atoms with Gasteiger partial charge in [0, 0.05) is 11.4 Å². The zero-order chi connectivity index (χ0) is 20.2. The van der Waals surface area contributed by atoms with Crippen LogP contribution in [0.25, 0.3) is 0 Å². The quantitative estimate of drug-likeness (QED) is 0.559. The maximum atomic E-state index is 12.9. The van der Waals surface area contributed by atoms with Gasteiger partial charge < -0.3 is 9.15 Å². The van der Waals surface area contributed by atoms with Gasteiger partial charge in [0.1, 0.15) is 17.6 Å². The van der Waals surface area contributed by atoms with Gasteiger partial charge >= 0.3 is 0 Å². The molecule has 0 saturated carbocycles. The molecule has 6 heteroatoms. The zero-order valence-electron chi connectivity index (χ0n) is 16.0. The fourth-order valence-electron chi connectivity index (χ4n) is 3.33. The second-order valence-electron chi connectivity index (χ2n) is 6.82. The van der Waals surface area contributed by atoms with Crippen LogP contribution in [0.15, 0.2) is 76.4 Å². The van der Waals surface area contributed by atoms with E-state index in [1.807, 2.05) is 60.7 Å². The lowest BCUT2D eigenvalue weighted by Crippen LogP contribution is -2.31. The number of halogens is 1. The maximum absolute atomic E-state index is 12.9. The molecule has 0 unspecified atom stereocenters. The fraction of sp³-hybridized carbons (Fsp3) is 0.217. The van der Waals surface area contributed by atoms with Crippen LogP contribution < -0.4 is 4.74 Å².